The predicted octanol–water partition coefficient (Wildman–Crippen LogP) is 3.78. The van der Waals surface area contributed by atoms with Gasteiger partial charge >= 0.3 is 10.1 Å². The zero-order valence-corrected chi connectivity index (χ0v) is 17.2. The first-order valence-corrected chi connectivity index (χ1v) is 10.4. The molecule has 0 saturated heterocycles. The van der Waals surface area contributed by atoms with Gasteiger partial charge in [-0.15, -0.1) is 0 Å². The van der Waals surface area contributed by atoms with Gasteiger partial charge in [0.25, 0.3) is 11.6 Å². The summed E-state index contributed by atoms with van der Waals surface area (Å²) in [6, 6.07) is 16.6. The van der Waals surface area contributed by atoms with Gasteiger partial charge in [-0.05, 0) is 48.5 Å². The van der Waals surface area contributed by atoms with Crippen LogP contribution in [0.25, 0.3) is 0 Å². The zero-order chi connectivity index (χ0) is 22.4. The summed E-state index contributed by atoms with van der Waals surface area (Å²) in [5.74, 6) is -0.518. The third-order valence-electron chi connectivity index (χ3n) is 3.93. The molecule has 0 spiro atoms. The molecule has 1 amide bonds. The summed E-state index contributed by atoms with van der Waals surface area (Å²) in [6.07, 6.45) is 1.23. The molecule has 0 fully saturated rings. The van der Waals surface area contributed by atoms with E-state index in [0.29, 0.717) is 10.6 Å². The predicted molar refractivity (Wildman–Crippen MR) is 114 cm³/mol. The van der Waals surface area contributed by atoms with Crippen molar-refractivity contribution in [3.05, 3.63) is 99.1 Å². The van der Waals surface area contributed by atoms with Gasteiger partial charge in [-0.3, -0.25) is 14.9 Å². The van der Waals surface area contributed by atoms with Crippen LogP contribution in [0.5, 0.6) is 5.75 Å². The Balaban J connectivity index is 1.75. The Morgan fingerprint density at radius 1 is 1.03 bits per heavy atom. The Bertz CT molecular complexity index is 1240. The Hall–Kier alpha value is -3.76. The quantitative estimate of drug-likeness (QED) is 0.248. The number of hydrogen-bond donors (Lipinski definition) is 1. The number of benzene rings is 3. The van der Waals surface area contributed by atoms with Crippen molar-refractivity contribution in [3.63, 3.8) is 0 Å². The highest BCUT2D eigenvalue weighted by Crippen LogP contribution is 2.23. The van der Waals surface area contributed by atoms with E-state index >= 15 is 0 Å². The second-order valence-electron chi connectivity index (χ2n) is 6.03. The van der Waals surface area contributed by atoms with Gasteiger partial charge in [0.15, 0.2) is 5.75 Å². The van der Waals surface area contributed by atoms with Gasteiger partial charge in [0, 0.05) is 28.3 Å². The average Bonchev–Trinajstić information content (AvgIpc) is 2.75. The van der Waals surface area contributed by atoms with Gasteiger partial charge < -0.3 is 4.18 Å². The van der Waals surface area contributed by atoms with E-state index in [9.17, 15) is 23.3 Å². The summed E-state index contributed by atoms with van der Waals surface area (Å²) in [5.41, 5.74) is 2.70. The fourth-order valence-corrected chi connectivity index (χ4v) is 3.47. The second-order valence-corrected chi connectivity index (χ2v) is 8.02. The number of nitrogens with zero attached hydrogens (tertiary/aromatic N) is 2. The monoisotopic (exact) mass is 459 g/mol. The number of hydrazone groups is 1. The van der Waals surface area contributed by atoms with Gasteiger partial charge in [-0.1, -0.05) is 23.7 Å². The Kier molecular flexibility index (Phi) is 6.63. The summed E-state index contributed by atoms with van der Waals surface area (Å²) in [6.45, 7) is 0. The molecule has 0 aliphatic carbocycles. The Labute approximate surface area is 182 Å². The molecular formula is C20H14ClN3O6S. The first kappa shape index (κ1) is 21.9. The van der Waals surface area contributed by atoms with Crippen molar-refractivity contribution in [2.45, 2.75) is 4.90 Å². The summed E-state index contributed by atoms with van der Waals surface area (Å²) < 4.78 is 30.2. The van der Waals surface area contributed by atoms with E-state index in [2.05, 4.69) is 10.5 Å². The van der Waals surface area contributed by atoms with Crippen molar-refractivity contribution in [2.75, 3.05) is 0 Å². The summed E-state index contributed by atoms with van der Waals surface area (Å²) in [5, 5.41) is 15.0. The molecule has 31 heavy (non-hydrogen) atoms. The van der Waals surface area contributed by atoms with Gasteiger partial charge in [0.1, 0.15) is 4.90 Å². The Morgan fingerprint density at radius 2 is 1.68 bits per heavy atom. The molecule has 9 nitrogen and oxygen atoms in total. The van der Waals surface area contributed by atoms with Crippen LogP contribution < -0.4 is 9.61 Å². The van der Waals surface area contributed by atoms with E-state index in [4.69, 9.17) is 15.8 Å². The topological polar surface area (TPSA) is 128 Å². The third-order valence-corrected chi connectivity index (χ3v) is 5.43. The molecule has 0 aliphatic rings. The first-order chi connectivity index (χ1) is 14.8. The first-order valence-electron chi connectivity index (χ1n) is 8.63. The van der Waals surface area contributed by atoms with Crippen molar-refractivity contribution in [1.82, 2.24) is 5.43 Å². The minimum Gasteiger partial charge on any atom is -0.378 e. The minimum atomic E-state index is -4.25. The molecule has 11 heteroatoms. The van der Waals surface area contributed by atoms with Crippen LogP contribution in [0, 0.1) is 10.1 Å². The van der Waals surface area contributed by atoms with Gasteiger partial charge in [0.05, 0.1) is 11.1 Å². The highest BCUT2D eigenvalue weighted by Gasteiger charge is 2.19. The lowest BCUT2D eigenvalue weighted by Gasteiger charge is -2.09. The molecule has 0 saturated carbocycles. The average molecular weight is 460 g/mol. The molecule has 158 valence electrons. The van der Waals surface area contributed by atoms with Crippen LogP contribution in [-0.4, -0.2) is 25.5 Å². The number of hydrogen-bond acceptors (Lipinski definition) is 7. The smallest absolute Gasteiger partial charge is 0.339 e. The fraction of sp³-hybridized carbons (Fsp3) is 0. The van der Waals surface area contributed by atoms with Crippen molar-refractivity contribution in [3.8, 4) is 5.75 Å². The number of amides is 1. The van der Waals surface area contributed by atoms with E-state index in [0.717, 1.165) is 24.3 Å². The Morgan fingerprint density at radius 3 is 2.32 bits per heavy atom. The molecule has 0 atom stereocenters. The van der Waals surface area contributed by atoms with Gasteiger partial charge in [-0.25, -0.2) is 5.43 Å². The molecule has 3 rings (SSSR count). The molecule has 0 bridgehead atoms. The van der Waals surface area contributed by atoms with Crippen molar-refractivity contribution >= 4 is 39.5 Å². The zero-order valence-electron chi connectivity index (χ0n) is 15.6. The van der Waals surface area contributed by atoms with Crippen LogP contribution >= 0.6 is 11.6 Å². The molecule has 0 aromatic heterocycles. The molecule has 3 aromatic rings. The van der Waals surface area contributed by atoms with Crippen molar-refractivity contribution in [1.29, 1.82) is 0 Å². The number of nitro benzene ring substituents is 1. The number of carbonyl (C=O) groups excluding carboxylic acids is 1. The third kappa shape index (κ3) is 5.65. The second kappa shape index (κ2) is 9.37. The molecule has 0 unspecified atom stereocenters. The number of rotatable bonds is 7. The molecule has 0 radical (unpaired) electrons. The van der Waals surface area contributed by atoms with Gasteiger partial charge in [0.2, 0.25) is 0 Å². The van der Waals surface area contributed by atoms with Crippen molar-refractivity contribution in [2.24, 2.45) is 5.10 Å². The normalized spacial score (nSPS) is 11.3. The molecule has 1 N–H and O–H groups in total. The van der Waals surface area contributed by atoms with Crippen LogP contribution in [0.15, 0.2) is 82.8 Å². The number of nitro groups is 1. The van der Waals surface area contributed by atoms with Crippen LogP contribution in [0.4, 0.5) is 5.69 Å². The van der Waals surface area contributed by atoms with E-state index in [-0.39, 0.29) is 21.9 Å². The van der Waals surface area contributed by atoms with Crippen LogP contribution in [-0.2, 0) is 10.1 Å². The maximum absolute atomic E-state index is 12.5. The molecule has 0 aliphatic heterocycles. The summed E-state index contributed by atoms with van der Waals surface area (Å²) in [7, 11) is -4.25. The van der Waals surface area contributed by atoms with E-state index in [1.54, 1.807) is 30.3 Å². The van der Waals surface area contributed by atoms with Crippen LogP contribution in [0.1, 0.15) is 15.9 Å². The van der Waals surface area contributed by atoms with Crippen molar-refractivity contribution < 1.29 is 22.3 Å². The fourth-order valence-electron chi connectivity index (χ4n) is 2.39. The summed E-state index contributed by atoms with van der Waals surface area (Å²) in [4.78, 5) is 21.9. The highest BCUT2D eigenvalue weighted by atomic mass is 35.5. The standard InChI is InChI=1S/C20H14ClN3O6S/c21-16-7-5-14(6-8-16)20(25)23-22-13-15-3-1-2-4-19(15)30-31(28,29)18-11-9-17(10-12-18)24(26)27/h1-13H,(H,23,25)/b22-13+. The minimum absolute atomic E-state index is 0.0367. The SMILES string of the molecule is O=C(N/N=C/c1ccccc1OS(=O)(=O)c1ccc([N+](=O)[O-])cc1)c1ccc(Cl)cc1. The highest BCUT2D eigenvalue weighted by molar-refractivity contribution is 7.87. The summed E-state index contributed by atoms with van der Waals surface area (Å²) >= 11 is 5.78. The lowest BCUT2D eigenvalue weighted by Crippen LogP contribution is -2.17. The van der Waals surface area contributed by atoms with E-state index < -0.39 is 20.9 Å². The lowest BCUT2D eigenvalue weighted by molar-refractivity contribution is -0.384. The number of non-ortho nitro benzene ring substituents is 1. The van der Waals surface area contributed by atoms with Crippen LogP contribution in [0.2, 0.25) is 5.02 Å². The van der Waals surface area contributed by atoms with E-state index in [1.807, 2.05) is 0 Å². The number of halogens is 1. The van der Waals surface area contributed by atoms with E-state index in [1.165, 1.54) is 24.4 Å². The molecular weight excluding hydrogens is 446 g/mol. The maximum Gasteiger partial charge on any atom is 0.339 e. The number of carbonyl (C=O) groups is 1. The van der Waals surface area contributed by atoms with Crippen LogP contribution in [0.3, 0.4) is 0 Å². The number of nitrogens with one attached hydrogen (secondary N) is 1. The number of para-hydroxylation sites is 1. The maximum atomic E-state index is 12.5. The largest absolute Gasteiger partial charge is 0.378 e. The molecule has 3 aromatic carbocycles. The lowest BCUT2D eigenvalue weighted by atomic mass is 10.2. The molecule has 0 heterocycles. The van der Waals surface area contributed by atoms with Gasteiger partial charge in [-0.2, -0.15) is 13.5 Å².